The molecule has 0 aliphatic heterocycles. The molecule has 0 unspecified atom stereocenters. The first-order valence-corrected chi connectivity index (χ1v) is 4.48. The fraction of sp³-hybridized carbons (Fsp3) is 0.300. The van der Waals surface area contributed by atoms with Crippen molar-refractivity contribution in [3.63, 3.8) is 0 Å². The molecule has 1 N–H and O–H groups in total. The van der Waals surface area contributed by atoms with Crippen molar-refractivity contribution < 1.29 is 14.8 Å². The minimum absolute atomic E-state index is 0.239. The third-order valence-electron chi connectivity index (χ3n) is 2.13. The number of aromatic carboxylic acids is 1. The van der Waals surface area contributed by atoms with Gasteiger partial charge >= 0.3 is 5.97 Å². The molecule has 0 radical (unpaired) electrons. The second-order valence-corrected chi connectivity index (χ2v) is 3.24. The summed E-state index contributed by atoms with van der Waals surface area (Å²) in [5.41, 5.74) is 0.639. The standard InChI is InChI=1S/C10H11NO4/c1-3-7-4-6(2)5-8(10(12)13)9(7)11(14)15/h4-5H,3H2,1-2H3,(H,12,13). The number of nitro benzene ring substituents is 1. The van der Waals surface area contributed by atoms with Gasteiger partial charge in [0.2, 0.25) is 0 Å². The first-order valence-electron chi connectivity index (χ1n) is 4.48. The number of hydrogen-bond acceptors (Lipinski definition) is 3. The molecular formula is C10H11NO4. The predicted molar refractivity (Wildman–Crippen MR) is 54.2 cm³/mol. The number of aryl methyl sites for hydroxylation is 2. The van der Waals surface area contributed by atoms with Gasteiger partial charge in [-0.3, -0.25) is 10.1 Å². The quantitative estimate of drug-likeness (QED) is 0.611. The average Bonchev–Trinajstić information content (AvgIpc) is 2.15. The number of carbonyl (C=O) groups is 1. The Bertz CT molecular complexity index is 426. The van der Waals surface area contributed by atoms with Crippen LogP contribution < -0.4 is 0 Å². The molecule has 0 aromatic heterocycles. The summed E-state index contributed by atoms with van der Waals surface area (Å²) in [6.45, 7) is 3.47. The molecule has 0 heterocycles. The van der Waals surface area contributed by atoms with E-state index in [1.807, 2.05) is 0 Å². The number of carboxylic acid groups (broad SMARTS) is 1. The van der Waals surface area contributed by atoms with Crippen molar-refractivity contribution in [3.05, 3.63) is 38.9 Å². The molecule has 1 aromatic rings. The molecule has 15 heavy (non-hydrogen) atoms. The molecule has 5 heteroatoms. The summed E-state index contributed by atoms with van der Waals surface area (Å²) in [5, 5.41) is 19.6. The monoisotopic (exact) mass is 209 g/mol. The first kappa shape index (κ1) is 11.2. The van der Waals surface area contributed by atoms with Crippen LogP contribution in [0.3, 0.4) is 0 Å². The van der Waals surface area contributed by atoms with Gasteiger partial charge in [-0.1, -0.05) is 6.92 Å². The molecule has 0 saturated carbocycles. The van der Waals surface area contributed by atoms with Crippen molar-refractivity contribution in [3.8, 4) is 0 Å². The fourth-order valence-electron chi connectivity index (χ4n) is 1.50. The lowest BCUT2D eigenvalue weighted by molar-refractivity contribution is -0.385. The zero-order valence-corrected chi connectivity index (χ0v) is 8.48. The number of benzene rings is 1. The molecule has 0 bridgehead atoms. The van der Waals surface area contributed by atoms with Gasteiger partial charge in [0.05, 0.1) is 4.92 Å². The predicted octanol–water partition coefficient (Wildman–Crippen LogP) is 2.16. The van der Waals surface area contributed by atoms with Crippen LogP contribution in [0.2, 0.25) is 0 Å². The van der Waals surface area contributed by atoms with Crippen LogP contribution in [0, 0.1) is 17.0 Å². The Kier molecular flexibility index (Phi) is 3.04. The van der Waals surface area contributed by atoms with Gasteiger partial charge < -0.3 is 5.11 Å². The van der Waals surface area contributed by atoms with Crippen molar-refractivity contribution in [1.82, 2.24) is 0 Å². The molecule has 0 spiro atoms. The maximum absolute atomic E-state index is 10.8. The largest absolute Gasteiger partial charge is 0.477 e. The number of hydrogen-bond donors (Lipinski definition) is 1. The number of rotatable bonds is 3. The van der Waals surface area contributed by atoms with Gasteiger partial charge in [0, 0.05) is 5.56 Å². The van der Waals surface area contributed by atoms with E-state index in [-0.39, 0.29) is 11.3 Å². The molecule has 0 fully saturated rings. The summed E-state index contributed by atoms with van der Waals surface area (Å²) in [4.78, 5) is 21.0. The van der Waals surface area contributed by atoms with Crippen LogP contribution in [-0.4, -0.2) is 16.0 Å². The lowest BCUT2D eigenvalue weighted by Gasteiger charge is -2.05. The zero-order chi connectivity index (χ0) is 11.6. The molecule has 1 rings (SSSR count). The zero-order valence-electron chi connectivity index (χ0n) is 8.48. The molecule has 0 atom stereocenters. The van der Waals surface area contributed by atoms with Crippen molar-refractivity contribution >= 4 is 11.7 Å². The highest BCUT2D eigenvalue weighted by atomic mass is 16.6. The number of carboxylic acids is 1. The molecular weight excluding hydrogens is 198 g/mol. The summed E-state index contributed by atoms with van der Waals surface area (Å²) in [6, 6.07) is 2.96. The normalized spacial score (nSPS) is 10.0. The Morgan fingerprint density at radius 3 is 2.53 bits per heavy atom. The van der Waals surface area contributed by atoms with Gasteiger partial charge in [0.15, 0.2) is 0 Å². The average molecular weight is 209 g/mol. The maximum atomic E-state index is 10.8. The van der Waals surface area contributed by atoms with E-state index in [4.69, 9.17) is 5.11 Å². The Labute approximate surface area is 86.5 Å². The van der Waals surface area contributed by atoms with Crippen LogP contribution in [0.5, 0.6) is 0 Å². The van der Waals surface area contributed by atoms with Crippen LogP contribution >= 0.6 is 0 Å². The second-order valence-electron chi connectivity index (χ2n) is 3.24. The Hall–Kier alpha value is -1.91. The lowest BCUT2D eigenvalue weighted by atomic mass is 10.0. The second kappa shape index (κ2) is 4.08. The van der Waals surface area contributed by atoms with E-state index in [2.05, 4.69) is 0 Å². The highest BCUT2D eigenvalue weighted by molar-refractivity contribution is 5.93. The summed E-state index contributed by atoms with van der Waals surface area (Å²) >= 11 is 0. The minimum Gasteiger partial charge on any atom is -0.477 e. The third-order valence-corrected chi connectivity index (χ3v) is 2.13. The number of nitro groups is 1. The molecule has 0 aliphatic rings. The van der Waals surface area contributed by atoms with Gasteiger partial charge in [-0.15, -0.1) is 0 Å². The van der Waals surface area contributed by atoms with E-state index >= 15 is 0 Å². The molecule has 0 aliphatic carbocycles. The van der Waals surface area contributed by atoms with Gasteiger partial charge in [0.1, 0.15) is 5.56 Å². The SMILES string of the molecule is CCc1cc(C)cc(C(=O)O)c1[N+](=O)[O-]. The Morgan fingerprint density at radius 2 is 2.13 bits per heavy atom. The highest BCUT2D eigenvalue weighted by Crippen LogP contribution is 2.26. The van der Waals surface area contributed by atoms with Gasteiger partial charge in [-0.05, 0) is 31.0 Å². The van der Waals surface area contributed by atoms with Gasteiger partial charge in [0.25, 0.3) is 5.69 Å². The summed E-state index contributed by atoms with van der Waals surface area (Å²) in [5.74, 6) is -1.26. The van der Waals surface area contributed by atoms with Crippen LogP contribution in [0.15, 0.2) is 12.1 Å². The maximum Gasteiger partial charge on any atom is 0.342 e. The topological polar surface area (TPSA) is 80.4 Å². The van der Waals surface area contributed by atoms with Gasteiger partial charge in [-0.2, -0.15) is 0 Å². The summed E-state index contributed by atoms with van der Waals surface area (Å²) in [6.07, 6.45) is 0.443. The fourth-order valence-corrected chi connectivity index (χ4v) is 1.50. The van der Waals surface area contributed by atoms with Crippen LogP contribution in [-0.2, 0) is 6.42 Å². The number of nitrogens with zero attached hydrogens (tertiary/aromatic N) is 1. The van der Waals surface area contributed by atoms with Crippen LogP contribution in [0.4, 0.5) is 5.69 Å². The molecule has 5 nitrogen and oxygen atoms in total. The molecule has 0 amide bonds. The van der Waals surface area contributed by atoms with E-state index in [9.17, 15) is 14.9 Å². The minimum atomic E-state index is -1.26. The van der Waals surface area contributed by atoms with Crippen LogP contribution in [0.25, 0.3) is 0 Å². The Balaban J connectivity index is 3.54. The van der Waals surface area contributed by atoms with Gasteiger partial charge in [-0.25, -0.2) is 4.79 Å². The van der Waals surface area contributed by atoms with Crippen molar-refractivity contribution in [1.29, 1.82) is 0 Å². The summed E-state index contributed by atoms with van der Waals surface area (Å²) < 4.78 is 0. The Morgan fingerprint density at radius 1 is 1.53 bits per heavy atom. The molecule has 80 valence electrons. The third kappa shape index (κ3) is 2.12. The smallest absolute Gasteiger partial charge is 0.342 e. The molecule has 1 aromatic carbocycles. The highest BCUT2D eigenvalue weighted by Gasteiger charge is 2.23. The van der Waals surface area contributed by atoms with E-state index in [1.54, 1.807) is 19.9 Å². The molecule has 0 saturated heterocycles. The summed E-state index contributed by atoms with van der Waals surface area (Å²) in [7, 11) is 0. The van der Waals surface area contributed by atoms with E-state index < -0.39 is 10.9 Å². The van der Waals surface area contributed by atoms with Crippen molar-refractivity contribution in [2.75, 3.05) is 0 Å². The first-order chi connectivity index (χ1) is 6.97. The lowest BCUT2D eigenvalue weighted by Crippen LogP contribution is -2.06. The van der Waals surface area contributed by atoms with E-state index in [1.165, 1.54) is 6.07 Å². The van der Waals surface area contributed by atoms with E-state index in [0.717, 1.165) is 5.56 Å². The van der Waals surface area contributed by atoms with E-state index in [0.29, 0.717) is 12.0 Å². The van der Waals surface area contributed by atoms with Crippen LogP contribution in [0.1, 0.15) is 28.4 Å². The van der Waals surface area contributed by atoms with Crippen molar-refractivity contribution in [2.45, 2.75) is 20.3 Å². The van der Waals surface area contributed by atoms with Crippen molar-refractivity contribution in [2.24, 2.45) is 0 Å².